The van der Waals surface area contributed by atoms with E-state index in [0.717, 1.165) is 11.6 Å². The minimum Gasteiger partial charge on any atom is -0.490 e. The number of benzene rings is 1. The normalized spacial score (nSPS) is 9.27. The molecule has 1 N–H and O–H groups in total. The van der Waals surface area contributed by atoms with Gasteiger partial charge in [0.05, 0.1) is 0 Å². The molecule has 0 aromatic heterocycles. The van der Waals surface area contributed by atoms with Gasteiger partial charge in [-0.1, -0.05) is 18.4 Å². The second-order valence-corrected chi connectivity index (χ2v) is 5.35. The molecule has 0 spiro atoms. The van der Waals surface area contributed by atoms with Crippen molar-refractivity contribution in [3.63, 3.8) is 0 Å². The van der Waals surface area contributed by atoms with E-state index in [1.807, 2.05) is 0 Å². The first-order valence-corrected chi connectivity index (χ1v) is 8.98. The molecule has 1 rings (SSSR count). The Morgan fingerprint density at radius 3 is 2.37 bits per heavy atom. The summed E-state index contributed by atoms with van der Waals surface area (Å²) in [6, 6.07) is 6.95. The number of hydrogen-bond acceptors (Lipinski definition) is 5. The number of hydrogen-bond donors (Lipinski definition) is 1. The second kappa shape index (κ2) is 14.8. The monoisotopic (exact) mass is 403 g/mol. The van der Waals surface area contributed by atoms with Gasteiger partial charge in [0, 0.05) is 18.2 Å². The standard InChI is InChI=1S/C24H21NO5/c1-4-7-8-9-10-11-12-13-20-14-16-21(17-15-20)28-18-22(19-29-23(26)5-2)30-24(27)25-6-3/h5,14-17,22H,2,6,18-19H2,1,3H3,(H,25,27). The van der Waals surface area contributed by atoms with Crippen molar-refractivity contribution in [2.45, 2.75) is 20.0 Å². The van der Waals surface area contributed by atoms with Crippen LogP contribution >= 0.6 is 0 Å². The van der Waals surface area contributed by atoms with Crippen LogP contribution in [0.2, 0.25) is 0 Å². The van der Waals surface area contributed by atoms with Crippen LogP contribution in [-0.4, -0.2) is 37.9 Å². The Bertz CT molecular complexity index is 979. The highest BCUT2D eigenvalue weighted by molar-refractivity contribution is 5.81. The Kier molecular flexibility index (Phi) is 11.7. The molecule has 30 heavy (non-hydrogen) atoms. The van der Waals surface area contributed by atoms with E-state index in [1.54, 1.807) is 38.1 Å². The molecule has 1 aromatic rings. The summed E-state index contributed by atoms with van der Waals surface area (Å²) in [6.45, 7) is 7.02. The zero-order chi connectivity index (χ0) is 22.0. The predicted octanol–water partition coefficient (Wildman–Crippen LogP) is 2.29. The van der Waals surface area contributed by atoms with Gasteiger partial charge in [-0.25, -0.2) is 9.59 Å². The van der Waals surface area contributed by atoms with Gasteiger partial charge in [-0.2, -0.15) is 0 Å². The first kappa shape index (κ1) is 23.8. The van der Waals surface area contributed by atoms with Crippen LogP contribution in [0.25, 0.3) is 0 Å². The molecule has 1 aromatic carbocycles. The van der Waals surface area contributed by atoms with Crippen molar-refractivity contribution in [1.29, 1.82) is 0 Å². The molecule has 0 bridgehead atoms. The molecule has 6 nitrogen and oxygen atoms in total. The van der Waals surface area contributed by atoms with Gasteiger partial charge in [-0.15, -0.1) is 0 Å². The third-order valence-electron chi connectivity index (χ3n) is 3.11. The highest BCUT2D eigenvalue weighted by Gasteiger charge is 2.17. The lowest BCUT2D eigenvalue weighted by Gasteiger charge is -2.18. The number of amides is 1. The number of ether oxygens (including phenoxy) is 3. The van der Waals surface area contributed by atoms with Crippen molar-refractivity contribution in [3.8, 4) is 53.1 Å². The maximum atomic E-state index is 11.6. The Hall–Kier alpha value is -4.26. The molecule has 0 fully saturated rings. The smallest absolute Gasteiger partial charge is 0.407 e. The SMILES string of the molecule is C=CC(=O)OCC(COc1ccc(C#CC#CC#CC#CC)cc1)OC(=O)NCC. The summed E-state index contributed by atoms with van der Waals surface area (Å²) in [5, 5.41) is 2.50. The van der Waals surface area contributed by atoms with Crippen molar-refractivity contribution in [1.82, 2.24) is 5.32 Å². The molecule has 0 aliphatic rings. The third-order valence-corrected chi connectivity index (χ3v) is 3.11. The summed E-state index contributed by atoms with van der Waals surface area (Å²) < 4.78 is 15.7. The van der Waals surface area contributed by atoms with Gasteiger partial charge in [0.1, 0.15) is 19.0 Å². The molecular weight excluding hydrogens is 382 g/mol. The van der Waals surface area contributed by atoms with Crippen molar-refractivity contribution < 1.29 is 23.8 Å². The molecule has 152 valence electrons. The Morgan fingerprint density at radius 2 is 1.73 bits per heavy atom. The maximum absolute atomic E-state index is 11.6. The summed E-state index contributed by atoms with van der Waals surface area (Å²) in [7, 11) is 0. The fourth-order valence-electron chi connectivity index (χ4n) is 1.80. The molecule has 6 heteroatoms. The fraction of sp³-hybridized carbons (Fsp3) is 0.250. The van der Waals surface area contributed by atoms with Gasteiger partial charge in [0.15, 0.2) is 6.10 Å². The van der Waals surface area contributed by atoms with E-state index >= 15 is 0 Å². The van der Waals surface area contributed by atoms with Gasteiger partial charge in [-0.05, 0) is 73.6 Å². The van der Waals surface area contributed by atoms with Crippen LogP contribution in [0.15, 0.2) is 36.9 Å². The molecule has 0 aliphatic carbocycles. The summed E-state index contributed by atoms with van der Waals surface area (Å²) in [4.78, 5) is 22.9. The predicted molar refractivity (Wildman–Crippen MR) is 113 cm³/mol. The van der Waals surface area contributed by atoms with Crippen LogP contribution in [0.3, 0.4) is 0 Å². The maximum Gasteiger partial charge on any atom is 0.407 e. The van der Waals surface area contributed by atoms with E-state index in [9.17, 15) is 9.59 Å². The van der Waals surface area contributed by atoms with E-state index in [2.05, 4.69) is 59.3 Å². The number of alkyl carbamates (subject to hydrolysis) is 1. The molecule has 1 atom stereocenters. The lowest BCUT2D eigenvalue weighted by atomic mass is 10.2. The van der Waals surface area contributed by atoms with E-state index in [4.69, 9.17) is 14.2 Å². The van der Waals surface area contributed by atoms with E-state index in [1.165, 1.54) is 0 Å². The summed E-state index contributed by atoms with van der Waals surface area (Å²) in [5.41, 5.74) is 0.744. The second-order valence-electron chi connectivity index (χ2n) is 5.35. The van der Waals surface area contributed by atoms with E-state index < -0.39 is 18.2 Å². The zero-order valence-electron chi connectivity index (χ0n) is 16.8. The molecular formula is C24H21NO5. The molecule has 0 aliphatic heterocycles. The fourth-order valence-corrected chi connectivity index (χ4v) is 1.80. The third kappa shape index (κ3) is 10.8. The largest absolute Gasteiger partial charge is 0.490 e. The summed E-state index contributed by atoms with van der Waals surface area (Å²) >= 11 is 0. The molecule has 0 saturated heterocycles. The average molecular weight is 403 g/mol. The number of esters is 1. The van der Waals surface area contributed by atoms with Crippen LogP contribution in [0.5, 0.6) is 5.75 Å². The summed E-state index contributed by atoms with van der Waals surface area (Å²) in [5.74, 6) is 21.0. The van der Waals surface area contributed by atoms with Crippen LogP contribution < -0.4 is 10.1 Å². The topological polar surface area (TPSA) is 73.9 Å². The number of rotatable bonds is 8. The lowest BCUT2D eigenvalue weighted by Crippen LogP contribution is -2.35. The molecule has 1 amide bonds. The summed E-state index contributed by atoms with van der Waals surface area (Å²) in [6.07, 6.45) is -0.382. The number of nitrogens with one attached hydrogen (secondary N) is 1. The van der Waals surface area contributed by atoms with Gasteiger partial charge in [-0.3, -0.25) is 0 Å². The van der Waals surface area contributed by atoms with Crippen LogP contribution in [-0.2, 0) is 14.3 Å². The van der Waals surface area contributed by atoms with Crippen molar-refractivity contribution in [2.24, 2.45) is 0 Å². The van der Waals surface area contributed by atoms with Crippen molar-refractivity contribution >= 4 is 12.1 Å². The minimum absolute atomic E-state index is 0.00260. The van der Waals surface area contributed by atoms with Gasteiger partial charge >= 0.3 is 12.1 Å². The average Bonchev–Trinajstić information content (AvgIpc) is 2.75. The van der Waals surface area contributed by atoms with Crippen LogP contribution in [0.1, 0.15) is 19.4 Å². The minimum atomic E-state index is -0.784. The highest BCUT2D eigenvalue weighted by Crippen LogP contribution is 2.12. The van der Waals surface area contributed by atoms with Crippen molar-refractivity contribution in [3.05, 3.63) is 42.5 Å². The first-order valence-electron chi connectivity index (χ1n) is 8.98. The first-order chi connectivity index (χ1) is 14.6. The Balaban J connectivity index is 2.65. The highest BCUT2D eigenvalue weighted by atomic mass is 16.6. The Labute approximate surface area is 177 Å². The van der Waals surface area contributed by atoms with Crippen LogP contribution in [0, 0.1) is 47.4 Å². The Morgan fingerprint density at radius 1 is 1.07 bits per heavy atom. The number of carbonyl (C=O) groups is 2. The van der Waals surface area contributed by atoms with Gasteiger partial charge < -0.3 is 19.5 Å². The van der Waals surface area contributed by atoms with Crippen LogP contribution in [0.4, 0.5) is 4.79 Å². The number of carbonyl (C=O) groups excluding carboxylic acids is 2. The quantitative estimate of drug-likeness (QED) is 0.410. The lowest BCUT2D eigenvalue weighted by molar-refractivity contribution is -0.141. The zero-order valence-corrected chi connectivity index (χ0v) is 16.8. The molecule has 0 radical (unpaired) electrons. The van der Waals surface area contributed by atoms with E-state index in [0.29, 0.717) is 12.3 Å². The van der Waals surface area contributed by atoms with Gasteiger partial charge in [0.2, 0.25) is 0 Å². The van der Waals surface area contributed by atoms with Gasteiger partial charge in [0.25, 0.3) is 0 Å². The van der Waals surface area contributed by atoms with Crippen molar-refractivity contribution in [2.75, 3.05) is 19.8 Å². The molecule has 1 unspecified atom stereocenters. The molecule has 0 heterocycles. The molecule has 0 saturated carbocycles. The van der Waals surface area contributed by atoms with E-state index in [-0.39, 0.29) is 13.2 Å².